The molecular weight excluding hydrogens is 256 g/mol. The van der Waals surface area contributed by atoms with Crippen molar-refractivity contribution in [2.45, 2.75) is 37.6 Å². The van der Waals surface area contributed by atoms with Gasteiger partial charge in [0, 0.05) is 11.8 Å². The van der Waals surface area contributed by atoms with E-state index in [0.717, 1.165) is 37.9 Å². The molecule has 20 heavy (non-hydrogen) atoms. The average Bonchev–Trinajstić information content (AvgIpc) is 2.48. The second kappa shape index (κ2) is 5.32. The van der Waals surface area contributed by atoms with Crippen LogP contribution in [-0.2, 0) is 4.79 Å². The summed E-state index contributed by atoms with van der Waals surface area (Å²) in [6, 6.07) is 5.42. The van der Waals surface area contributed by atoms with Crippen LogP contribution in [0, 0.1) is 0 Å². The van der Waals surface area contributed by atoms with Crippen molar-refractivity contribution in [2.75, 3.05) is 18.5 Å². The van der Waals surface area contributed by atoms with Gasteiger partial charge in [0.1, 0.15) is 13.2 Å². The molecule has 1 saturated carbocycles. The number of carbonyl (C=O) groups excluding carboxylic acids is 1. The Balaban J connectivity index is 1.72. The van der Waals surface area contributed by atoms with E-state index in [9.17, 15) is 4.79 Å². The predicted octanol–water partition coefficient (Wildman–Crippen LogP) is 2.06. The topological polar surface area (TPSA) is 73.6 Å². The first-order valence-electron chi connectivity index (χ1n) is 7.17. The van der Waals surface area contributed by atoms with E-state index < -0.39 is 5.54 Å². The third-order valence-electron chi connectivity index (χ3n) is 4.00. The second-order valence-corrected chi connectivity index (χ2v) is 5.53. The molecule has 1 fully saturated rings. The first-order chi connectivity index (χ1) is 9.67. The second-order valence-electron chi connectivity index (χ2n) is 5.53. The summed E-state index contributed by atoms with van der Waals surface area (Å²) in [5, 5.41) is 2.90. The average molecular weight is 276 g/mol. The van der Waals surface area contributed by atoms with Crippen LogP contribution in [0.5, 0.6) is 11.5 Å². The van der Waals surface area contributed by atoms with Crippen molar-refractivity contribution < 1.29 is 14.3 Å². The van der Waals surface area contributed by atoms with E-state index in [0.29, 0.717) is 24.7 Å². The molecule has 108 valence electrons. The summed E-state index contributed by atoms with van der Waals surface area (Å²) >= 11 is 0. The molecule has 1 aliphatic carbocycles. The predicted molar refractivity (Wildman–Crippen MR) is 76.1 cm³/mol. The zero-order valence-electron chi connectivity index (χ0n) is 11.5. The molecular formula is C15H20N2O3. The largest absolute Gasteiger partial charge is 0.486 e. The molecule has 0 radical (unpaired) electrons. The van der Waals surface area contributed by atoms with E-state index in [2.05, 4.69) is 5.32 Å². The summed E-state index contributed by atoms with van der Waals surface area (Å²) in [4.78, 5) is 12.3. The molecule has 0 atom stereocenters. The number of amides is 1. The summed E-state index contributed by atoms with van der Waals surface area (Å²) in [5.74, 6) is 1.28. The minimum absolute atomic E-state index is 0.103. The highest BCUT2D eigenvalue weighted by Gasteiger charge is 2.35. The molecule has 1 aliphatic heterocycles. The Bertz CT molecular complexity index is 510. The molecule has 1 aromatic carbocycles. The summed E-state index contributed by atoms with van der Waals surface area (Å²) in [7, 11) is 0. The van der Waals surface area contributed by atoms with E-state index >= 15 is 0 Å². The number of rotatable bonds is 2. The molecule has 3 N–H and O–H groups in total. The number of benzene rings is 1. The van der Waals surface area contributed by atoms with Gasteiger partial charge in [0.2, 0.25) is 5.91 Å². The summed E-state index contributed by atoms with van der Waals surface area (Å²) < 4.78 is 11.0. The Morgan fingerprint density at radius 3 is 2.55 bits per heavy atom. The van der Waals surface area contributed by atoms with Crippen LogP contribution in [0.4, 0.5) is 5.69 Å². The molecule has 1 heterocycles. The lowest BCUT2D eigenvalue weighted by Gasteiger charge is -2.31. The molecule has 3 rings (SSSR count). The zero-order chi connectivity index (χ0) is 14.0. The first kappa shape index (κ1) is 13.2. The highest BCUT2D eigenvalue weighted by Crippen LogP contribution is 2.33. The minimum Gasteiger partial charge on any atom is -0.486 e. The molecule has 0 unspecified atom stereocenters. The Hall–Kier alpha value is -1.75. The molecule has 1 aromatic rings. The van der Waals surface area contributed by atoms with Crippen LogP contribution in [0.15, 0.2) is 18.2 Å². The van der Waals surface area contributed by atoms with E-state index in [4.69, 9.17) is 15.2 Å². The van der Waals surface area contributed by atoms with Gasteiger partial charge in [-0.05, 0) is 25.0 Å². The maximum atomic E-state index is 12.3. The Labute approximate surface area is 118 Å². The van der Waals surface area contributed by atoms with E-state index in [1.165, 1.54) is 0 Å². The number of nitrogens with one attached hydrogen (secondary N) is 1. The third kappa shape index (κ3) is 2.58. The molecule has 2 aliphatic rings. The van der Waals surface area contributed by atoms with E-state index in [1.54, 1.807) is 6.07 Å². The van der Waals surface area contributed by atoms with Crippen LogP contribution >= 0.6 is 0 Å². The fraction of sp³-hybridized carbons (Fsp3) is 0.533. The molecule has 5 nitrogen and oxygen atoms in total. The quantitative estimate of drug-likeness (QED) is 0.867. The van der Waals surface area contributed by atoms with Crippen LogP contribution in [-0.4, -0.2) is 24.7 Å². The van der Waals surface area contributed by atoms with Gasteiger partial charge in [0.15, 0.2) is 11.5 Å². The lowest BCUT2D eigenvalue weighted by Crippen LogP contribution is -2.52. The zero-order valence-corrected chi connectivity index (χ0v) is 11.5. The maximum absolute atomic E-state index is 12.3. The molecule has 0 spiro atoms. The van der Waals surface area contributed by atoms with Crippen LogP contribution in [0.3, 0.4) is 0 Å². The van der Waals surface area contributed by atoms with Gasteiger partial charge in [-0.1, -0.05) is 19.3 Å². The van der Waals surface area contributed by atoms with Crippen molar-refractivity contribution in [3.8, 4) is 11.5 Å². The van der Waals surface area contributed by atoms with Gasteiger partial charge < -0.3 is 20.5 Å². The van der Waals surface area contributed by atoms with Crippen molar-refractivity contribution in [3.05, 3.63) is 18.2 Å². The molecule has 5 heteroatoms. The van der Waals surface area contributed by atoms with E-state index in [-0.39, 0.29) is 5.91 Å². The monoisotopic (exact) mass is 276 g/mol. The van der Waals surface area contributed by atoms with Gasteiger partial charge in [-0.3, -0.25) is 4.79 Å². The van der Waals surface area contributed by atoms with Gasteiger partial charge in [0.25, 0.3) is 0 Å². The smallest absolute Gasteiger partial charge is 0.244 e. The Morgan fingerprint density at radius 2 is 1.80 bits per heavy atom. The van der Waals surface area contributed by atoms with Crippen LogP contribution in [0.2, 0.25) is 0 Å². The number of fused-ring (bicyclic) bond motifs is 1. The standard InChI is InChI=1S/C15H20N2O3/c16-15(6-2-1-3-7-15)14(18)17-11-4-5-12-13(10-11)20-9-8-19-12/h4-5,10H,1-3,6-9,16H2,(H,17,18). The van der Waals surface area contributed by atoms with Crippen LogP contribution < -0.4 is 20.5 Å². The number of nitrogens with two attached hydrogens (primary N) is 1. The van der Waals surface area contributed by atoms with Gasteiger partial charge in [-0.15, -0.1) is 0 Å². The number of ether oxygens (including phenoxy) is 2. The van der Waals surface area contributed by atoms with Crippen molar-refractivity contribution in [1.82, 2.24) is 0 Å². The van der Waals surface area contributed by atoms with Crippen LogP contribution in [0.1, 0.15) is 32.1 Å². The fourth-order valence-corrected chi connectivity index (χ4v) is 2.79. The SMILES string of the molecule is NC1(C(=O)Nc2ccc3c(c2)OCCO3)CCCCC1. The molecule has 1 amide bonds. The number of hydrogen-bond acceptors (Lipinski definition) is 4. The lowest BCUT2D eigenvalue weighted by molar-refractivity contribution is -0.122. The third-order valence-corrected chi connectivity index (χ3v) is 4.00. The van der Waals surface area contributed by atoms with Gasteiger partial charge in [-0.2, -0.15) is 0 Å². The Morgan fingerprint density at radius 1 is 1.10 bits per heavy atom. The summed E-state index contributed by atoms with van der Waals surface area (Å²) in [6.07, 6.45) is 4.71. The van der Waals surface area contributed by atoms with Crippen molar-refractivity contribution in [2.24, 2.45) is 5.73 Å². The number of carbonyl (C=O) groups is 1. The molecule has 0 aromatic heterocycles. The first-order valence-corrected chi connectivity index (χ1v) is 7.17. The van der Waals surface area contributed by atoms with Crippen molar-refractivity contribution >= 4 is 11.6 Å². The van der Waals surface area contributed by atoms with Gasteiger partial charge in [0.05, 0.1) is 5.54 Å². The van der Waals surface area contributed by atoms with Crippen molar-refractivity contribution in [3.63, 3.8) is 0 Å². The summed E-state index contributed by atoms with van der Waals surface area (Å²) in [6.45, 7) is 1.09. The number of anilines is 1. The highest BCUT2D eigenvalue weighted by molar-refractivity contribution is 5.98. The lowest BCUT2D eigenvalue weighted by atomic mass is 9.82. The summed E-state index contributed by atoms with van der Waals surface area (Å²) in [5.41, 5.74) is 6.19. The maximum Gasteiger partial charge on any atom is 0.244 e. The van der Waals surface area contributed by atoms with E-state index in [1.807, 2.05) is 12.1 Å². The highest BCUT2D eigenvalue weighted by atomic mass is 16.6. The fourth-order valence-electron chi connectivity index (χ4n) is 2.79. The number of hydrogen-bond donors (Lipinski definition) is 2. The molecule has 0 saturated heterocycles. The van der Waals surface area contributed by atoms with Gasteiger partial charge >= 0.3 is 0 Å². The molecule has 0 bridgehead atoms. The Kier molecular flexibility index (Phi) is 3.53. The minimum atomic E-state index is -0.731. The normalized spacial score (nSPS) is 20.2. The van der Waals surface area contributed by atoms with Crippen LogP contribution in [0.25, 0.3) is 0 Å². The van der Waals surface area contributed by atoms with Crippen molar-refractivity contribution in [1.29, 1.82) is 0 Å². The van der Waals surface area contributed by atoms with Gasteiger partial charge in [-0.25, -0.2) is 0 Å².